The third-order valence-electron chi connectivity index (χ3n) is 2.62. The molecule has 8 heteroatoms. The first-order chi connectivity index (χ1) is 9.86. The maximum atomic E-state index is 13.0. The maximum absolute atomic E-state index is 13.0. The maximum Gasteiger partial charge on any atom is 0.251 e. The molecule has 0 unspecified atom stereocenters. The standard InChI is InChI=1S/C13H12FN3O3S/c1-7-12(8(2)18)21-13(15-7)16-10(19)6-17-5-9(14)3-4-11(17)20/h3-5H,6H2,1-2H3,(H,15,16,19). The van der Waals surface area contributed by atoms with Gasteiger partial charge in [-0.3, -0.25) is 14.4 Å². The van der Waals surface area contributed by atoms with Crippen molar-refractivity contribution in [2.75, 3.05) is 5.32 Å². The molecular formula is C13H12FN3O3S. The number of carbonyl (C=O) groups is 2. The smallest absolute Gasteiger partial charge is 0.251 e. The van der Waals surface area contributed by atoms with Gasteiger partial charge in [0.05, 0.1) is 10.6 Å². The molecular weight excluding hydrogens is 297 g/mol. The number of aryl methyl sites for hydroxylation is 1. The number of ketones is 1. The lowest BCUT2D eigenvalue weighted by Gasteiger charge is -2.04. The second kappa shape index (κ2) is 5.96. The summed E-state index contributed by atoms with van der Waals surface area (Å²) >= 11 is 1.06. The Labute approximate surface area is 123 Å². The van der Waals surface area contributed by atoms with Gasteiger partial charge in [0.2, 0.25) is 5.91 Å². The van der Waals surface area contributed by atoms with Gasteiger partial charge in [-0.1, -0.05) is 11.3 Å². The van der Waals surface area contributed by atoms with Crippen molar-refractivity contribution in [1.29, 1.82) is 0 Å². The number of halogens is 1. The van der Waals surface area contributed by atoms with E-state index in [-0.39, 0.29) is 17.5 Å². The molecule has 0 fully saturated rings. The molecule has 1 amide bonds. The quantitative estimate of drug-likeness (QED) is 0.870. The van der Waals surface area contributed by atoms with Gasteiger partial charge < -0.3 is 9.88 Å². The van der Waals surface area contributed by atoms with Crippen molar-refractivity contribution >= 4 is 28.2 Å². The van der Waals surface area contributed by atoms with E-state index in [2.05, 4.69) is 10.3 Å². The summed E-state index contributed by atoms with van der Waals surface area (Å²) in [6, 6.07) is 2.07. The van der Waals surface area contributed by atoms with Crippen LogP contribution in [0.1, 0.15) is 22.3 Å². The van der Waals surface area contributed by atoms with Crippen LogP contribution >= 0.6 is 11.3 Å². The van der Waals surface area contributed by atoms with Crippen LogP contribution in [0, 0.1) is 12.7 Å². The summed E-state index contributed by atoms with van der Waals surface area (Å²) in [4.78, 5) is 39.1. The summed E-state index contributed by atoms with van der Waals surface area (Å²) in [5.74, 6) is -1.26. The molecule has 0 aliphatic heterocycles. The number of Topliss-reactive ketones (excluding diaryl/α,β-unsaturated/α-hetero) is 1. The second-order valence-electron chi connectivity index (χ2n) is 4.35. The summed E-state index contributed by atoms with van der Waals surface area (Å²) in [6.45, 7) is 2.75. The molecule has 0 saturated heterocycles. The molecule has 21 heavy (non-hydrogen) atoms. The lowest BCUT2D eigenvalue weighted by molar-refractivity contribution is -0.116. The molecule has 0 aliphatic rings. The molecule has 0 saturated carbocycles. The highest BCUT2D eigenvalue weighted by Crippen LogP contribution is 2.22. The van der Waals surface area contributed by atoms with E-state index in [0.717, 1.165) is 34.2 Å². The number of pyridine rings is 1. The van der Waals surface area contributed by atoms with Crippen LogP contribution in [0.4, 0.5) is 9.52 Å². The van der Waals surface area contributed by atoms with Crippen LogP contribution in [0.5, 0.6) is 0 Å². The Balaban J connectivity index is 2.12. The summed E-state index contributed by atoms with van der Waals surface area (Å²) in [7, 11) is 0. The molecule has 2 aromatic heterocycles. The molecule has 2 aromatic rings. The van der Waals surface area contributed by atoms with E-state index in [4.69, 9.17) is 0 Å². The van der Waals surface area contributed by atoms with Crippen molar-refractivity contribution in [2.24, 2.45) is 0 Å². The predicted molar refractivity (Wildman–Crippen MR) is 76.1 cm³/mol. The van der Waals surface area contributed by atoms with E-state index < -0.39 is 17.3 Å². The minimum atomic E-state index is -0.605. The SMILES string of the molecule is CC(=O)c1sc(NC(=O)Cn2cc(F)ccc2=O)nc1C. The lowest BCUT2D eigenvalue weighted by Crippen LogP contribution is -2.27. The molecule has 0 radical (unpaired) electrons. The number of thiazole rings is 1. The molecule has 0 atom stereocenters. The van der Waals surface area contributed by atoms with Crippen molar-refractivity contribution in [2.45, 2.75) is 20.4 Å². The predicted octanol–water partition coefficient (Wildman–Crippen LogP) is 1.59. The molecule has 0 spiro atoms. The number of hydrogen-bond acceptors (Lipinski definition) is 5. The number of aromatic nitrogens is 2. The average molecular weight is 309 g/mol. The highest BCUT2D eigenvalue weighted by atomic mass is 32.1. The fourth-order valence-corrected chi connectivity index (χ4v) is 2.59. The Morgan fingerprint density at radius 2 is 2.14 bits per heavy atom. The van der Waals surface area contributed by atoms with Crippen LogP contribution in [0.3, 0.4) is 0 Å². The summed E-state index contributed by atoms with van der Waals surface area (Å²) in [6.07, 6.45) is 0.954. The second-order valence-corrected chi connectivity index (χ2v) is 5.35. The summed E-state index contributed by atoms with van der Waals surface area (Å²) in [5.41, 5.74) is 0.0528. The van der Waals surface area contributed by atoms with Gasteiger partial charge in [-0.05, 0) is 13.0 Å². The molecule has 6 nitrogen and oxygen atoms in total. The zero-order valence-electron chi connectivity index (χ0n) is 11.3. The van der Waals surface area contributed by atoms with Gasteiger partial charge >= 0.3 is 0 Å². The lowest BCUT2D eigenvalue weighted by atomic mass is 10.3. The number of nitrogens with zero attached hydrogens (tertiary/aromatic N) is 2. The Hall–Kier alpha value is -2.35. The van der Waals surface area contributed by atoms with Crippen LogP contribution in [-0.4, -0.2) is 21.2 Å². The van der Waals surface area contributed by atoms with E-state index in [1.807, 2.05) is 0 Å². The van der Waals surface area contributed by atoms with Gasteiger partial charge in [0.1, 0.15) is 12.4 Å². The normalized spacial score (nSPS) is 10.4. The third-order valence-corrected chi connectivity index (χ3v) is 3.80. The first-order valence-corrected chi connectivity index (χ1v) is 6.82. The molecule has 2 heterocycles. The Morgan fingerprint density at radius 1 is 1.43 bits per heavy atom. The van der Waals surface area contributed by atoms with Gasteiger partial charge in [-0.2, -0.15) is 0 Å². The van der Waals surface area contributed by atoms with Gasteiger partial charge in [0.15, 0.2) is 10.9 Å². The third kappa shape index (κ3) is 3.60. The van der Waals surface area contributed by atoms with Gasteiger partial charge in [0, 0.05) is 19.2 Å². The molecule has 0 aliphatic carbocycles. The van der Waals surface area contributed by atoms with E-state index in [9.17, 15) is 18.8 Å². The van der Waals surface area contributed by atoms with Crippen molar-refractivity contribution in [3.63, 3.8) is 0 Å². The van der Waals surface area contributed by atoms with Crippen LogP contribution < -0.4 is 10.9 Å². The van der Waals surface area contributed by atoms with E-state index in [0.29, 0.717) is 10.6 Å². The fourth-order valence-electron chi connectivity index (χ4n) is 1.72. The number of amides is 1. The Morgan fingerprint density at radius 3 is 2.76 bits per heavy atom. The number of hydrogen-bond donors (Lipinski definition) is 1. The molecule has 110 valence electrons. The van der Waals surface area contributed by atoms with Gasteiger partial charge in [-0.25, -0.2) is 9.37 Å². The van der Waals surface area contributed by atoms with E-state index in [1.54, 1.807) is 6.92 Å². The molecule has 2 rings (SSSR count). The number of rotatable bonds is 4. The fraction of sp³-hybridized carbons (Fsp3) is 0.231. The van der Waals surface area contributed by atoms with Gasteiger partial charge in [-0.15, -0.1) is 0 Å². The van der Waals surface area contributed by atoms with E-state index in [1.165, 1.54) is 6.92 Å². The zero-order chi connectivity index (χ0) is 15.6. The molecule has 0 bridgehead atoms. The average Bonchev–Trinajstić information content (AvgIpc) is 2.74. The minimum Gasteiger partial charge on any atom is -0.303 e. The largest absolute Gasteiger partial charge is 0.303 e. The highest BCUT2D eigenvalue weighted by Gasteiger charge is 2.14. The van der Waals surface area contributed by atoms with E-state index >= 15 is 0 Å². The van der Waals surface area contributed by atoms with Crippen molar-refractivity contribution in [3.05, 3.63) is 45.1 Å². The molecule has 0 aromatic carbocycles. The van der Waals surface area contributed by atoms with Crippen LogP contribution in [0.2, 0.25) is 0 Å². The highest BCUT2D eigenvalue weighted by molar-refractivity contribution is 7.17. The summed E-state index contributed by atoms with van der Waals surface area (Å²) in [5, 5.41) is 2.76. The van der Waals surface area contributed by atoms with Crippen LogP contribution in [0.15, 0.2) is 23.1 Å². The Kier molecular flexibility index (Phi) is 4.27. The Bertz CT molecular complexity index is 766. The van der Waals surface area contributed by atoms with Gasteiger partial charge in [0.25, 0.3) is 5.56 Å². The first-order valence-electron chi connectivity index (χ1n) is 6.01. The minimum absolute atomic E-state index is 0.133. The number of anilines is 1. The topological polar surface area (TPSA) is 81.1 Å². The monoisotopic (exact) mass is 309 g/mol. The molecule has 1 N–H and O–H groups in total. The van der Waals surface area contributed by atoms with Crippen molar-refractivity contribution in [1.82, 2.24) is 9.55 Å². The van der Waals surface area contributed by atoms with Crippen molar-refractivity contribution < 1.29 is 14.0 Å². The summed E-state index contributed by atoms with van der Waals surface area (Å²) < 4.78 is 14.0. The van der Waals surface area contributed by atoms with Crippen molar-refractivity contribution in [3.8, 4) is 0 Å². The number of nitrogens with one attached hydrogen (secondary N) is 1. The first kappa shape index (κ1) is 15.0. The van der Waals surface area contributed by atoms with Crippen LogP contribution in [0.25, 0.3) is 0 Å². The number of carbonyl (C=O) groups excluding carboxylic acids is 2. The zero-order valence-corrected chi connectivity index (χ0v) is 12.2. The van der Waals surface area contributed by atoms with Crippen LogP contribution in [-0.2, 0) is 11.3 Å².